The Morgan fingerprint density at radius 1 is 1.11 bits per heavy atom. The summed E-state index contributed by atoms with van der Waals surface area (Å²) in [6.07, 6.45) is 6.59. The average Bonchev–Trinajstić information content (AvgIpc) is 3.45. The maximum Gasteiger partial charge on any atom is 0.278 e. The van der Waals surface area contributed by atoms with Crippen molar-refractivity contribution in [2.45, 2.75) is 44.4 Å². The van der Waals surface area contributed by atoms with Crippen LogP contribution in [0.3, 0.4) is 0 Å². The fourth-order valence-electron chi connectivity index (χ4n) is 3.38. The van der Waals surface area contributed by atoms with E-state index < -0.39 is 0 Å². The van der Waals surface area contributed by atoms with Gasteiger partial charge in [0.05, 0.1) is 0 Å². The number of nitrogens with zero attached hydrogens (tertiary/aromatic N) is 1. The molecule has 2 aliphatic rings. The molecule has 2 aromatic carbocycles. The molecule has 0 amide bonds. The number of ether oxygens (including phenoxy) is 2. The summed E-state index contributed by atoms with van der Waals surface area (Å²) in [5.74, 6) is 1.78. The molecule has 3 aromatic rings. The van der Waals surface area contributed by atoms with Crippen molar-refractivity contribution in [3.8, 4) is 16.7 Å². The number of rotatable bonds is 6. The lowest BCUT2D eigenvalue weighted by Gasteiger charge is -2.26. The van der Waals surface area contributed by atoms with Crippen molar-refractivity contribution in [3.63, 3.8) is 0 Å². The number of aryl methyl sites for hydroxylation is 1. The molecule has 5 rings (SSSR count). The number of hydrogen-bond donors (Lipinski definition) is 1. The highest BCUT2D eigenvalue weighted by molar-refractivity contribution is 7.13. The summed E-state index contributed by atoms with van der Waals surface area (Å²) >= 11 is 1.61. The molecule has 0 saturated heterocycles. The van der Waals surface area contributed by atoms with Crippen LogP contribution in [0.15, 0.2) is 54.7 Å². The Hall–Kier alpha value is -2.37. The summed E-state index contributed by atoms with van der Waals surface area (Å²) in [4.78, 5) is 5.61. The van der Waals surface area contributed by atoms with Crippen LogP contribution < -0.4 is 14.8 Å². The number of benzene rings is 2. The highest BCUT2D eigenvalue weighted by atomic mass is 32.1. The third-order valence-electron chi connectivity index (χ3n) is 5.03. The van der Waals surface area contributed by atoms with Crippen LogP contribution >= 0.6 is 11.3 Å². The van der Waals surface area contributed by atoms with E-state index >= 15 is 0 Å². The summed E-state index contributed by atoms with van der Waals surface area (Å²) < 4.78 is 12.2. The van der Waals surface area contributed by atoms with Gasteiger partial charge >= 0.3 is 0 Å². The highest BCUT2D eigenvalue weighted by Gasteiger charge is 2.22. The molecule has 138 valence electrons. The van der Waals surface area contributed by atoms with E-state index in [1.54, 1.807) is 11.3 Å². The van der Waals surface area contributed by atoms with Crippen molar-refractivity contribution in [1.29, 1.82) is 0 Å². The fraction of sp³-hybridized carbons (Fsp3) is 0.318. The predicted molar refractivity (Wildman–Crippen MR) is 107 cm³/mol. The van der Waals surface area contributed by atoms with Crippen LogP contribution in [0.4, 0.5) is 0 Å². The van der Waals surface area contributed by atoms with Crippen LogP contribution in [-0.4, -0.2) is 11.0 Å². The third-order valence-corrected chi connectivity index (χ3v) is 5.90. The molecule has 1 unspecified atom stereocenters. The van der Waals surface area contributed by atoms with Gasteiger partial charge in [-0.15, -0.1) is 0 Å². The number of aromatic nitrogens is 1. The molecule has 1 atom stereocenters. The van der Waals surface area contributed by atoms with Gasteiger partial charge in [-0.2, -0.15) is 0 Å². The molecular weight excluding hydrogens is 356 g/mol. The minimum absolute atomic E-state index is 0.131. The summed E-state index contributed by atoms with van der Waals surface area (Å²) in [7, 11) is 0. The standard InChI is InChI=1S/C22H22N2O2S/c1-2-4-15(5-3-1)20-10-6-16-12-18(9-11-21(16)26-20)25-22-24-14-19(27-22)13-23-17-7-8-17/h1-5,9,11-12,14,17,20,23H,6-8,10,13H2. The Bertz CT molecular complexity index is 921. The van der Waals surface area contributed by atoms with E-state index in [9.17, 15) is 0 Å². The summed E-state index contributed by atoms with van der Waals surface area (Å²) in [6, 6.07) is 17.2. The first-order chi connectivity index (χ1) is 13.3. The first-order valence-electron chi connectivity index (χ1n) is 9.54. The van der Waals surface area contributed by atoms with Crippen LogP contribution in [0.1, 0.15) is 41.4 Å². The molecule has 1 fully saturated rings. The fourth-order valence-corrected chi connectivity index (χ4v) is 4.11. The molecule has 2 heterocycles. The second-order valence-corrected chi connectivity index (χ2v) is 8.25. The zero-order valence-electron chi connectivity index (χ0n) is 15.1. The smallest absolute Gasteiger partial charge is 0.278 e. The minimum Gasteiger partial charge on any atom is -0.485 e. The topological polar surface area (TPSA) is 43.4 Å². The van der Waals surface area contributed by atoms with Gasteiger partial charge in [-0.3, -0.25) is 0 Å². The van der Waals surface area contributed by atoms with Gasteiger partial charge in [0, 0.05) is 23.7 Å². The van der Waals surface area contributed by atoms with Gasteiger partial charge < -0.3 is 14.8 Å². The Labute approximate surface area is 163 Å². The Balaban J connectivity index is 1.25. The molecule has 4 nitrogen and oxygen atoms in total. The van der Waals surface area contributed by atoms with E-state index in [4.69, 9.17) is 9.47 Å². The van der Waals surface area contributed by atoms with E-state index in [2.05, 4.69) is 40.6 Å². The number of thiazole rings is 1. The van der Waals surface area contributed by atoms with Crippen LogP contribution in [0, 0.1) is 0 Å². The lowest BCUT2D eigenvalue weighted by atomic mass is 9.97. The van der Waals surface area contributed by atoms with E-state index in [1.807, 2.05) is 24.4 Å². The van der Waals surface area contributed by atoms with E-state index in [1.165, 1.54) is 28.8 Å². The summed E-state index contributed by atoms with van der Waals surface area (Å²) in [6.45, 7) is 0.880. The van der Waals surface area contributed by atoms with Gasteiger partial charge in [0.15, 0.2) is 0 Å². The van der Waals surface area contributed by atoms with Gasteiger partial charge in [-0.25, -0.2) is 4.98 Å². The molecule has 0 radical (unpaired) electrons. The largest absolute Gasteiger partial charge is 0.485 e. The monoisotopic (exact) mass is 378 g/mol. The molecule has 1 aromatic heterocycles. The quantitative estimate of drug-likeness (QED) is 0.636. The van der Waals surface area contributed by atoms with Crippen molar-refractivity contribution >= 4 is 11.3 Å². The molecule has 1 N–H and O–H groups in total. The summed E-state index contributed by atoms with van der Waals surface area (Å²) in [5.41, 5.74) is 2.44. The van der Waals surface area contributed by atoms with Crippen LogP contribution in [-0.2, 0) is 13.0 Å². The molecule has 1 saturated carbocycles. The molecule has 1 aliphatic heterocycles. The van der Waals surface area contributed by atoms with Crippen molar-refractivity contribution in [2.24, 2.45) is 0 Å². The highest BCUT2D eigenvalue weighted by Crippen LogP contribution is 2.38. The molecule has 0 bridgehead atoms. The maximum absolute atomic E-state index is 6.21. The zero-order chi connectivity index (χ0) is 18.1. The predicted octanol–water partition coefficient (Wildman–Crippen LogP) is 5.25. The Kier molecular flexibility index (Phi) is 4.56. The molecule has 27 heavy (non-hydrogen) atoms. The molecule has 0 spiro atoms. The lowest BCUT2D eigenvalue weighted by molar-refractivity contribution is 0.176. The molecule has 5 heteroatoms. The minimum atomic E-state index is 0.131. The normalized spacial score (nSPS) is 18.6. The maximum atomic E-state index is 6.21. The van der Waals surface area contributed by atoms with E-state index in [-0.39, 0.29) is 6.10 Å². The lowest BCUT2D eigenvalue weighted by Crippen LogP contribution is -2.15. The molecular formula is C22H22N2O2S. The SMILES string of the molecule is c1ccc(C2CCc3cc(Oc4ncc(CNC5CC5)s4)ccc3O2)cc1. The van der Waals surface area contributed by atoms with E-state index in [0.717, 1.165) is 30.9 Å². The second-order valence-electron chi connectivity index (χ2n) is 7.18. The molecule has 1 aliphatic carbocycles. The van der Waals surface area contributed by atoms with E-state index in [0.29, 0.717) is 11.2 Å². The third kappa shape index (κ3) is 3.99. The van der Waals surface area contributed by atoms with Gasteiger partial charge in [0.1, 0.15) is 17.6 Å². The number of nitrogens with one attached hydrogen (secondary N) is 1. The second kappa shape index (κ2) is 7.33. The van der Waals surface area contributed by atoms with Crippen molar-refractivity contribution in [3.05, 3.63) is 70.7 Å². The first-order valence-corrected chi connectivity index (χ1v) is 10.4. The zero-order valence-corrected chi connectivity index (χ0v) is 15.9. The first kappa shape index (κ1) is 16.8. The van der Waals surface area contributed by atoms with Gasteiger partial charge in [0.2, 0.25) is 0 Å². The van der Waals surface area contributed by atoms with Crippen molar-refractivity contribution in [1.82, 2.24) is 10.3 Å². The average molecular weight is 378 g/mol. The van der Waals surface area contributed by atoms with Crippen molar-refractivity contribution < 1.29 is 9.47 Å². The summed E-state index contributed by atoms with van der Waals surface area (Å²) in [5, 5.41) is 4.20. The van der Waals surface area contributed by atoms with Gasteiger partial charge in [0.25, 0.3) is 5.19 Å². The Morgan fingerprint density at radius 2 is 2.00 bits per heavy atom. The van der Waals surface area contributed by atoms with Crippen molar-refractivity contribution in [2.75, 3.05) is 0 Å². The van der Waals surface area contributed by atoms with Crippen LogP contribution in [0.2, 0.25) is 0 Å². The van der Waals surface area contributed by atoms with Gasteiger partial charge in [-0.05, 0) is 55.0 Å². The van der Waals surface area contributed by atoms with Gasteiger partial charge in [-0.1, -0.05) is 41.7 Å². The number of hydrogen-bond acceptors (Lipinski definition) is 5. The number of fused-ring (bicyclic) bond motifs is 1. The Morgan fingerprint density at radius 3 is 2.85 bits per heavy atom. The van der Waals surface area contributed by atoms with Crippen LogP contribution in [0.25, 0.3) is 0 Å². The van der Waals surface area contributed by atoms with Crippen LogP contribution in [0.5, 0.6) is 16.7 Å².